The van der Waals surface area contributed by atoms with Crippen LogP contribution in [0.4, 0.5) is 11.4 Å². The topological polar surface area (TPSA) is 36.0 Å². The van der Waals surface area contributed by atoms with Gasteiger partial charge in [-0.05, 0) is 49.7 Å². The van der Waals surface area contributed by atoms with Crippen molar-refractivity contribution >= 4 is 28.9 Å². The zero-order valence-corrected chi connectivity index (χ0v) is 17.6. The second-order valence-corrected chi connectivity index (χ2v) is 7.94. The minimum atomic E-state index is -0.290. The number of carbonyl (C=O) groups is 1. The molecule has 2 aromatic carbocycles. The molecule has 0 radical (unpaired) electrons. The van der Waals surface area contributed by atoms with Gasteiger partial charge >= 0.3 is 0 Å². The molecule has 1 fully saturated rings. The average Bonchev–Trinajstić information content (AvgIpc) is 2.75. The van der Waals surface area contributed by atoms with E-state index in [4.69, 9.17) is 17.7 Å². The van der Waals surface area contributed by atoms with Crippen LogP contribution >= 0.6 is 11.6 Å². The highest BCUT2D eigenvalue weighted by atomic mass is 35.5. The van der Waals surface area contributed by atoms with Gasteiger partial charge in [-0.2, -0.15) is 0 Å². The third-order valence-corrected chi connectivity index (χ3v) is 5.96. The van der Waals surface area contributed by atoms with Gasteiger partial charge < -0.3 is 14.5 Å². The number of amides is 1. The minimum absolute atomic E-state index is 0.170. The number of anilines is 2. The summed E-state index contributed by atoms with van der Waals surface area (Å²) >= 11 is 6.11. The highest BCUT2D eigenvalue weighted by molar-refractivity contribution is 6.30. The summed E-state index contributed by atoms with van der Waals surface area (Å²) in [6.07, 6.45) is 2.09. The van der Waals surface area contributed by atoms with Gasteiger partial charge in [0.1, 0.15) is 5.75 Å². The third-order valence-electron chi connectivity index (χ3n) is 5.73. The number of methoxy groups -OCH3 is 1. The van der Waals surface area contributed by atoms with E-state index < -0.39 is 0 Å². The van der Waals surface area contributed by atoms with E-state index in [0.717, 1.165) is 60.2 Å². The molecule has 1 unspecified atom stereocenters. The van der Waals surface area contributed by atoms with Gasteiger partial charge in [0.05, 0.1) is 12.8 Å². The molecular weight excluding hydrogens is 386 g/mol. The Bertz CT molecular complexity index is 910. The maximum absolute atomic E-state index is 12.5. The summed E-state index contributed by atoms with van der Waals surface area (Å²) < 4.78 is 14.0. The maximum atomic E-state index is 12.5. The fourth-order valence-corrected chi connectivity index (χ4v) is 4.37. The summed E-state index contributed by atoms with van der Waals surface area (Å²) in [6.45, 7) is 3.54. The number of carbonyl (C=O) groups excluding carboxylic acids is 1. The number of rotatable bonds is 6. The van der Waals surface area contributed by atoms with Crippen LogP contribution < -0.4 is 14.5 Å². The van der Waals surface area contributed by atoms with Gasteiger partial charge in [-0.15, -0.1) is 0 Å². The summed E-state index contributed by atoms with van der Waals surface area (Å²) in [5, 5.41) is 0.722. The van der Waals surface area contributed by atoms with Crippen molar-refractivity contribution in [2.75, 3.05) is 56.2 Å². The van der Waals surface area contributed by atoms with Crippen LogP contribution in [0.5, 0.6) is 5.75 Å². The SMILES string of the molecule is [2H]C1CN(c2cccc(Cl)c2)CCN1CCCN1C(=O)CCc2c(OC)cccc21. The van der Waals surface area contributed by atoms with E-state index in [1.54, 1.807) is 7.11 Å². The first kappa shape index (κ1) is 18.8. The second-order valence-electron chi connectivity index (χ2n) is 7.50. The van der Waals surface area contributed by atoms with Crippen molar-refractivity contribution in [2.45, 2.75) is 19.3 Å². The summed E-state index contributed by atoms with van der Waals surface area (Å²) in [4.78, 5) is 18.9. The first-order chi connectivity index (χ1) is 14.6. The van der Waals surface area contributed by atoms with Gasteiger partial charge in [-0.3, -0.25) is 9.69 Å². The predicted molar refractivity (Wildman–Crippen MR) is 118 cm³/mol. The Morgan fingerprint density at radius 2 is 1.97 bits per heavy atom. The molecule has 2 aromatic rings. The van der Waals surface area contributed by atoms with Gasteiger partial charge in [-0.1, -0.05) is 23.7 Å². The molecule has 1 amide bonds. The van der Waals surface area contributed by atoms with Crippen LogP contribution in [0.25, 0.3) is 0 Å². The average molecular weight is 415 g/mol. The van der Waals surface area contributed by atoms with E-state index in [9.17, 15) is 4.79 Å². The normalized spacial score (nSPS) is 20.4. The number of piperazine rings is 1. The fraction of sp³-hybridized carbons (Fsp3) is 0.435. The van der Waals surface area contributed by atoms with Crippen LogP contribution in [0, 0.1) is 0 Å². The van der Waals surface area contributed by atoms with Crippen LogP contribution in [0.15, 0.2) is 42.5 Å². The van der Waals surface area contributed by atoms with Crippen molar-refractivity contribution in [1.29, 1.82) is 0 Å². The quantitative estimate of drug-likeness (QED) is 0.719. The summed E-state index contributed by atoms with van der Waals surface area (Å²) in [6, 6.07) is 13.7. The standard InChI is InChI=1S/C23H28ClN3O2/c1-29-22-8-3-7-21-20(22)9-10-23(28)27(21)12-4-11-25-13-15-26(16-14-25)19-6-2-5-18(24)17-19/h2-3,5-8,17H,4,9-16H2,1H3/i13D. The van der Waals surface area contributed by atoms with E-state index in [2.05, 4.69) is 9.80 Å². The van der Waals surface area contributed by atoms with E-state index in [-0.39, 0.29) is 12.4 Å². The molecular formula is C23H28ClN3O2. The number of hydrogen-bond donors (Lipinski definition) is 0. The van der Waals surface area contributed by atoms with Crippen molar-refractivity contribution in [1.82, 2.24) is 4.90 Å². The highest BCUT2D eigenvalue weighted by Gasteiger charge is 2.26. The molecule has 29 heavy (non-hydrogen) atoms. The molecule has 0 spiro atoms. The van der Waals surface area contributed by atoms with Gasteiger partial charge in [0.25, 0.3) is 0 Å². The molecule has 1 atom stereocenters. The molecule has 0 aliphatic carbocycles. The van der Waals surface area contributed by atoms with Crippen molar-refractivity contribution in [3.05, 3.63) is 53.1 Å². The zero-order valence-electron chi connectivity index (χ0n) is 17.8. The number of benzene rings is 2. The lowest BCUT2D eigenvalue weighted by Crippen LogP contribution is -2.47. The highest BCUT2D eigenvalue weighted by Crippen LogP contribution is 2.34. The van der Waals surface area contributed by atoms with E-state index >= 15 is 0 Å². The molecule has 2 heterocycles. The molecule has 2 aliphatic rings. The first-order valence-electron chi connectivity index (χ1n) is 10.8. The Kier molecular flexibility index (Phi) is 5.86. The Morgan fingerprint density at radius 1 is 1.10 bits per heavy atom. The predicted octanol–water partition coefficient (Wildman–Crippen LogP) is 3.84. The third kappa shape index (κ3) is 4.51. The van der Waals surface area contributed by atoms with Crippen LogP contribution in [-0.2, 0) is 11.2 Å². The molecule has 0 N–H and O–H groups in total. The maximum Gasteiger partial charge on any atom is 0.227 e. The molecule has 0 saturated carbocycles. The molecule has 0 bridgehead atoms. The smallest absolute Gasteiger partial charge is 0.227 e. The minimum Gasteiger partial charge on any atom is -0.496 e. The number of nitrogens with zero attached hydrogens (tertiary/aromatic N) is 3. The molecule has 1 saturated heterocycles. The van der Waals surface area contributed by atoms with E-state index in [1.165, 1.54) is 0 Å². The van der Waals surface area contributed by atoms with Crippen molar-refractivity contribution in [3.63, 3.8) is 0 Å². The molecule has 2 aliphatic heterocycles. The second kappa shape index (κ2) is 9.06. The largest absolute Gasteiger partial charge is 0.496 e. The molecule has 154 valence electrons. The lowest BCUT2D eigenvalue weighted by atomic mass is 10.00. The number of hydrogen-bond acceptors (Lipinski definition) is 4. The summed E-state index contributed by atoms with van der Waals surface area (Å²) in [7, 11) is 1.67. The lowest BCUT2D eigenvalue weighted by Gasteiger charge is -2.37. The van der Waals surface area contributed by atoms with Crippen LogP contribution in [0.3, 0.4) is 0 Å². The van der Waals surface area contributed by atoms with E-state index in [0.29, 0.717) is 19.5 Å². The van der Waals surface area contributed by atoms with Crippen molar-refractivity contribution in [2.24, 2.45) is 0 Å². The molecule has 0 aromatic heterocycles. The molecule has 4 rings (SSSR count). The molecule has 5 nitrogen and oxygen atoms in total. The first-order valence-corrected chi connectivity index (χ1v) is 10.6. The van der Waals surface area contributed by atoms with Gasteiger partial charge in [0.15, 0.2) is 0 Å². The van der Waals surface area contributed by atoms with Crippen LogP contribution in [0.1, 0.15) is 19.8 Å². The number of fused-ring (bicyclic) bond motifs is 1. The number of ether oxygens (including phenoxy) is 1. The van der Waals surface area contributed by atoms with Gasteiger partial charge in [0.2, 0.25) is 5.91 Å². The Morgan fingerprint density at radius 3 is 2.76 bits per heavy atom. The monoisotopic (exact) mass is 414 g/mol. The Labute approximate surface area is 179 Å². The van der Waals surface area contributed by atoms with Crippen LogP contribution in [0.2, 0.25) is 5.02 Å². The summed E-state index contributed by atoms with van der Waals surface area (Å²) in [5.41, 5.74) is 3.16. The van der Waals surface area contributed by atoms with Gasteiger partial charge in [0, 0.05) is 56.8 Å². The Hall–Kier alpha value is -2.24. The van der Waals surface area contributed by atoms with Gasteiger partial charge in [-0.25, -0.2) is 0 Å². The zero-order chi connectivity index (χ0) is 21.1. The van der Waals surface area contributed by atoms with Crippen molar-refractivity contribution < 1.29 is 10.9 Å². The fourth-order valence-electron chi connectivity index (χ4n) is 4.18. The lowest BCUT2D eigenvalue weighted by molar-refractivity contribution is -0.118. The van der Waals surface area contributed by atoms with Crippen molar-refractivity contribution in [3.8, 4) is 5.75 Å². The Balaban J connectivity index is 1.34. The van der Waals surface area contributed by atoms with E-state index in [1.807, 2.05) is 47.4 Å². The number of halogens is 1. The summed E-state index contributed by atoms with van der Waals surface area (Å²) in [5.74, 6) is 1.03. The van der Waals surface area contributed by atoms with Crippen LogP contribution in [-0.4, -0.2) is 57.2 Å². The molecule has 6 heteroatoms.